The minimum atomic E-state index is -0.179. The van der Waals surface area contributed by atoms with Gasteiger partial charge in [0, 0.05) is 16.7 Å². The van der Waals surface area contributed by atoms with Gasteiger partial charge < -0.3 is 0 Å². The summed E-state index contributed by atoms with van der Waals surface area (Å²) in [5.74, 6) is -0.327. The molecule has 0 radical (unpaired) electrons. The maximum absolute atomic E-state index is 11.5. The standard InChI is InChI=1S/C11H10O2/c1-4-8-9(5-2)11(13)7(3)6-10(8)12/h4-6H,1-2H2,3H3. The SMILES string of the molecule is C=CC1=C(C=C)C(=O)C(C)=CC1=O. The molecular formula is C11H10O2. The van der Waals surface area contributed by atoms with Crippen LogP contribution in [0, 0.1) is 0 Å². The van der Waals surface area contributed by atoms with E-state index in [0.29, 0.717) is 16.7 Å². The molecule has 13 heavy (non-hydrogen) atoms. The van der Waals surface area contributed by atoms with E-state index in [4.69, 9.17) is 0 Å². The van der Waals surface area contributed by atoms with Crippen molar-refractivity contribution >= 4 is 11.6 Å². The molecule has 0 aromatic carbocycles. The second-order valence-electron chi connectivity index (χ2n) is 2.76. The fraction of sp³-hybridized carbons (Fsp3) is 0.0909. The first-order chi connectivity index (χ1) is 6.11. The second kappa shape index (κ2) is 3.35. The number of carbonyl (C=O) groups excluding carboxylic acids is 2. The monoisotopic (exact) mass is 174 g/mol. The zero-order valence-electron chi connectivity index (χ0n) is 7.46. The normalized spacial score (nSPS) is 17.2. The summed E-state index contributed by atoms with van der Waals surface area (Å²) in [5, 5.41) is 0. The van der Waals surface area contributed by atoms with Crippen LogP contribution < -0.4 is 0 Å². The van der Waals surface area contributed by atoms with Crippen LogP contribution in [-0.4, -0.2) is 11.6 Å². The van der Waals surface area contributed by atoms with Crippen molar-refractivity contribution in [3.05, 3.63) is 48.1 Å². The third-order valence-electron chi connectivity index (χ3n) is 1.91. The van der Waals surface area contributed by atoms with Crippen molar-refractivity contribution in [2.24, 2.45) is 0 Å². The van der Waals surface area contributed by atoms with E-state index < -0.39 is 0 Å². The molecule has 0 amide bonds. The van der Waals surface area contributed by atoms with Crippen LogP contribution in [0.3, 0.4) is 0 Å². The number of rotatable bonds is 2. The number of carbonyl (C=O) groups is 2. The minimum absolute atomic E-state index is 0.149. The van der Waals surface area contributed by atoms with E-state index in [1.165, 1.54) is 18.2 Å². The van der Waals surface area contributed by atoms with Gasteiger partial charge in [0.1, 0.15) is 0 Å². The van der Waals surface area contributed by atoms with Crippen LogP contribution in [0.2, 0.25) is 0 Å². The third-order valence-corrected chi connectivity index (χ3v) is 1.91. The lowest BCUT2D eigenvalue weighted by Gasteiger charge is -2.11. The molecule has 0 spiro atoms. The quantitative estimate of drug-likeness (QED) is 0.598. The molecule has 1 aliphatic rings. The summed E-state index contributed by atoms with van der Waals surface area (Å²) < 4.78 is 0. The van der Waals surface area contributed by atoms with Gasteiger partial charge in [0.25, 0.3) is 0 Å². The van der Waals surface area contributed by atoms with Crippen LogP contribution in [0.1, 0.15) is 6.92 Å². The Morgan fingerprint density at radius 1 is 1.15 bits per heavy atom. The highest BCUT2D eigenvalue weighted by atomic mass is 16.1. The molecule has 0 N–H and O–H groups in total. The number of allylic oxidation sites excluding steroid dienone is 6. The minimum Gasteiger partial charge on any atom is -0.289 e. The molecule has 0 aromatic rings. The fourth-order valence-electron chi connectivity index (χ4n) is 1.22. The predicted molar refractivity (Wildman–Crippen MR) is 51.2 cm³/mol. The lowest BCUT2D eigenvalue weighted by Crippen LogP contribution is -2.15. The molecule has 0 saturated heterocycles. The number of Topliss-reactive ketones (excluding diaryl/α,β-unsaturated/α-hetero) is 1. The Kier molecular flexibility index (Phi) is 2.42. The van der Waals surface area contributed by atoms with Crippen LogP contribution in [0.4, 0.5) is 0 Å². The smallest absolute Gasteiger partial charge is 0.189 e. The van der Waals surface area contributed by atoms with Gasteiger partial charge in [-0.25, -0.2) is 0 Å². The van der Waals surface area contributed by atoms with Gasteiger partial charge in [-0.2, -0.15) is 0 Å². The molecule has 0 saturated carbocycles. The molecule has 0 fully saturated rings. The second-order valence-corrected chi connectivity index (χ2v) is 2.76. The van der Waals surface area contributed by atoms with E-state index in [9.17, 15) is 9.59 Å². The number of hydrogen-bond acceptors (Lipinski definition) is 2. The first kappa shape index (κ1) is 9.39. The van der Waals surface area contributed by atoms with Gasteiger partial charge >= 0.3 is 0 Å². The van der Waals surface area contributed by atoms with E-state index in [1.54, 1.807) is 6.92 Å². The van der Waals surface area contributed by atoms with E-state index in [2.05, 4.69) is 13.2 Å². The van der Waals surface area contributed by atoms with Crippen LogP contribution in [0.5, 0.6) is 0 Å². The molecule has 2 nitrogen and oxygen atoms in total. The zero-order chi connectivity index (χ0) is 10.0. The summed E-state index contributed by atoms with van der Waals surface area (Å²) in [6.07, 6.45) is 4.11. The van der Waals surface area contributed by atoms with Crippen LogP contribution in [0.25, 0.3) is 0 Å². The van der Waals surface area contributed by atoms with Gasteiger partial charge in [-0.15, -0.1) is 0 Å². The summed E-state index contributed by atoms with van der Waals surface area (Å²) in [7, 11) is 0. The molecule has 0 aliphatic heterocycles. The summed E-state index contributed by atoms with van der Waals surface area (Å²) in [4.78, 5) is 22.8. The van der Waals surface area contributed by atoms with E-state index >= 15 is 0 Å². The molecule has 1 rings (SSSR count). The topological polar surface area (TPSA) is 34.1 Å². The van der Waals surface area contributed by atoms with Gasteiger partial charge in [-0.1, -0.05) is 25.3 Å². The highest BCUT2D eigenvalue weighted by Gasteiger charge is 2.21. The Morgan fingerprint density at radius 2 is 1.69 bits per heavy atom. The lowest BCUT2D eigenvalue weighted by molar-refractivity contribution is -0.115. The summed E-state index contributed by atoms with van der Waals surface area (Å²) in [6.45, 7) is 8.60. The van der Waals surface area contributed by atoms with Crippen molar-refractivity contribution in [3.8, 4) is 0 Å². The van der Waals surface area contributed by atoms with Gasteiger partial charge in [0.05, 0.1) is 0 Å². The van der Waals surface area contributed by atoms with Gasteiger partial charge in [-0.3, -0.25) is 9.59 Å². The highest BCUT2D eigenvalue weighted by Crippen LogP contribution is 2.20. The molecule has 0 atom stereocenters. The number of hydrogen-bond donors (Lipinski definition) is 0. The Balaban J connectivity index is 3.35. The average molecular weight is 174 g/mol. The summed E-state index contributed by atoms with van der Waals surface area (Å²) >= 11 is 0. The van der Waals surface area contributed by atoms with Gasteiger partial charge in [-0.05, 0) is 13.0 Å². The molecule has 0 aromatic heterocycles. The van der Waals surface area contributed by atoms with Crippen LogP contribution in [0.15, 0.2) is 48.1 Å². The molecule has 0 heterocycles. The maximum Gasteiger partial charge on any atom is 0.189 e. The van der Waals surface area contributed by atoms with Crippen molar-refractivity contribution in [3.63, 3.8) is 0 Å². The predicted octanol–water partition coefficient (Wildman–Crippen LogP) is 1.75. The first-order valence-corrected chi connectivity index (χ1v) is 3.88. The first-order valence-electron chi connectivity index (χ1n) is 3.88. The van der Waals surface area contributed by atoms with E-state index in [1.807, 2.05) is 0 Å². The molecule has 0 unspecified atom stereocenters. The Bertz CT molecular complexity index is 368. The zero-order valence-corrected chi connectivity index (χ0v) is 7.46. The lowest BCUT2D eigenvalue weighted by atomic mass is 9.90. The molecule has 66 valence electrons. The number of ketones is 2. The van der Waals surface area contributed by atoms with E-state index in [0.717, 1.165) is 0 Å². The van der Waals surface area contributed by atoms with Crippen molar-refractivity contribution in [1.29, 1.82) is 0 Å². The van der Waals surface area contributed by atoms with Crippen molar-refractivity contribution < 1.29 is 9.59 Å². The van der Waals surface area contributed by atoms with Gasteiger partial charge in [0.15, 0.2) is 11.6 Å². The van der Waals surface area contributed by atoms with Gasteiger partial charge in [0.2, 0.25) is 0 Å². The maximum atomic E-state index is 11.5. The van der Waals surface area contributed by atoms with Crippen LogP contribution >= 0.6 is 0 Å². The highest BCUT2D eigenvalue weighted by molar-refractivity contribution is 6.24. The Morgan fingerprint density at radius 3 is 2.15 bits per heavy atom. The van der Waals surface area contributed by atoms with Crippen molar-refractivity contribution in [2.75, 3.05) is 0 Å². The Labute approximate surface area is 76.9 Å². The summed E-state index contributed by atoms with van der Waals surface area (Å²) in [6, 6.07) is 0. The fourth-order valence-corrected chi connectivity index (χ4v) is 1.22. The average Bonchev–Trinajstić information content (AvgIpc) is 2.10. The third kappa shape index (κ3) is 1.43. The van der Waals surface area contributed by atoms with Crippen LogP contribution in [-0.2, 0) is 9.59 Å². The summed E-state index contributed by atoms with van der Waals surface area (Å²) in [5.41, 5.74) is 1.14. The molecule has 0 bridgehead atoms. The van der Waals surface area contributed by atoms with E-state index in [-0.39, 0.29) is 11.6 Å². The molecular weight excluding hydrogens is 164 g/mol. The Hall–Kier alpha value is -1.70. The molecule has 2 heteroatoms. The largest absolute Gasteiger partial charge is 0.289 e. The van der Waals surface area contributed by atoms with Crippen molar-refractivity contribution in [2.45, 2.75) is 6.92 Å². The van der Waals surface area contributed by atoms with Crippen molar-refractivity contribution in [1.82, 2.24) is 0 Å². The molecule has 1 aliphatic carbocycles.